The number of nitriles is 1. The van der Waals surface area contributed by atoms with Crippen LogP contribution in [0, 0.1) is 21.4 Å². The molecule has 134 valence electrons. The van der Waals surface area contributed by atoms with Crippen molar-refractivity contribution < 1.29 is 4.92 Å². The first-order valence-electron chi connectivity index (χ1n) is 8.79. The zero-order valence-corrected chi connectivity index (χ0v) is 14.5. The topological polar surface area (TPSA) is 95.1 Å². The molecular weight excluding hydrogens is 330 g/mol. The molecule has 1 aliphatic rings. The molecule has 1 N–H and O–H groups in total. The second kappa shape index (κ2) is 8.30. The van der Waals surface area contributed by atoms with Gasteiger partial charge in [-0.25, -0.2) is 4.98 Å². The zero-order chi connectivity index (χ0) is 18.4. The summed E-state index contributed by atoms with van der Waals surface area (Å²) in [6.45, 7) is 2.61. The maximum atomic E-state index is 10.8. The van der Waals surface area contributed by atoms with Gasteiger partial charge in [-0.1, -0.05) is 18.9 Å². The van der Waals surface area contributed by atoms with E-state index in [2.05, 4.69) is 15.2 Å². The molecule has 26 heavy (non-hydrogen) atoms. The number of hydrogen-bond acceptors (Lipinski definition) is 6. The van der Waals surface area contributed by atoms with Gasteiger partial charge >= 0.3 is 0 Å². The summed E-state index contributed by atoms with van der Waals surface area (Å²) in [6.07, 6.45) is 6.83. The van der Waals surface area contributed by atoms with Gasteiger partial charge in [0.2, 0.25) is 0 Å². The van der Waals surface area contributed by atoms with Gasteiger partial charge in [-0.2, -0.15) is 5.26 Å². The fourth-order valence-corrected chi connectivity index (χ4v) is 3.10. The van der Waals surface area contributed by atoms with Gasteiger partial charge in [0.05, 0.1) is 16.2 Å². The summed E-state index contributed by atoms with van der Waals surface area (Å²) in [5.41, 5.74) is 1.74. The summed E-state index contributed by atoms with van der Waals surface area (Å²) in [6, 6.07) is 10.3. The van der Waals surface area contributed by atoms with E-state index in [1.807, 2.05) is 24.4 Å². The first-order valence-corrected chi connectivity index (χ1v) is 8.79. The van der Waals surface area contributed by atoms with Gasteiger partial charge in [-0.15, -0.1) is 0 Å². The highest BCUT2D eigenvalue weighted by Gasteiger charge is 2.12. The number of non-ortho nitro benzene ring substituents is 1. The SMILES string of the molecule is N#Cc1cc([N+](=O)[O-])ccc1NCc1ccc(N2CCCCCC2)nc1. The van der Waals surface area contributed by atoms with E-state index in [4.69, 9.17) is 0 Å². The molecule has 2 aromatic rings. The lowest BCUT2D eigenvalue weighted by molar-refractivity contribution is -0.384. The number of rotatable bonds is 5. The van der Waals surface area contributed by atoms with E-state index in [9.17, 15) is 15.4 Å². The predicted molar refractivity (Wildman–Crippen MR) is 100 cm³/mol. The first-order chi connectivity index (χ1) is 12.7. The molecule has 1 aromatic heterocycles. The molecule has 0 saturated carbocycles. The lowest BCUT2D eigenvalue weighted by atomic mass is 10.1. The molecule has 1 saturated heterocycles. The number of anilines is 2. The number of nitro benzene ring substituents is 1. The van der Waals surface area contributed by atoms with E-state index in [1.165, 1.54) is 37.8 Å². The standard InChI is InChI=1S/C19H21N5O2/c20-12-16-11-17(24(25)26)6-7-18(16)21-13-15-5-8-19(22-14-15)23-9-3-1-2-4-10-23/h5-8,11,14,21H,1-4,9-10,13H2. The van der Waals surface area contributed by atoms with Crippen molar-refractivity contribution in [3.63, 3.8) is 0 Å². The largest absolute Gasteiger partial charge is 0.380 e. The number of nitrogens with zero attached hydrogens (tertiary/aromatic N) is 4. The third kappa shape index (κ3) is 4.28. The van der Waals surface area contributed by atoms with Crippen LogP contribution in [0.2, 0.25) is 0 Å². The van der Waals surface area contributed by atoms with Crippen molar-refractivity contribution in [2.24, 2.45) is 0 Å². The van der Waals surface area contributed by atoms with Crippen LogP contribution in [0.25, 0.3) is 0 Å². The molecule has 1 aromatic carbocycles. The fourth-order valence-electron chi connectivity index (χ4n) is 3.10. The van der Waals surface area contributed by atoms with Gasteiger partial charge in [0, 0.05) is 38.0 Å². The average molecular weight is 351 g/mol. The summed E-state index contributed by atoms with van der Waals surface area (Å²) in [7, 11) is 0. The molecule has 7 nitrogen and oxygen atoms in total. The summed E-state index contributed by atoms with van der Waals surface area (Å²) in [4.78, 5) is 17.2. The smallest absolute Gasteiger partial charge is 0.270 e. The molecule has 0 spiro atoms. The Morgan fingerprint density at radius 1 is 1.19 bits per heavy atom. The first kappa shape index (κ1) is 17.7. The number of aromatic nitrogens is 1. The van der Waals surface area contributed by atoms with E-state index in [1.54, 1.807) is 6.07 Å². The van der Waals surface area contributed by atoms with Crippen LogP contribution in [0.4, 0.5) is 17.2 Å². The van der Waals surface area contributed by atoms with Crippen molar-refractivity contribution in [3.05, 3.63) is 57.8 Å². The van der Waals surface area contributed by atoms with Crippen LogP contribution in [-0.4, -0.2) is 23.0 Å². The summed E-state index contributed by atoms with van der Waals surface area (Å²) >= 11 is 0. The van der Waals surface area contributed by atoms with Crippen molar-refractivity contribution in [2.75, 3.05) is 23.3 Å². The minimum absolute atomic E-state index is 0.0874. The fraction of sp³-hybridized carbons (Fsp3) is 0.368. The van der Waals surface area contributed by atoms with Crippen LogP contribution in [-0.2, 0) is 6.54 Å². The molecule has 7 heteroatoms. The Labute approximate surface area is 152 Å². The maximum Gasteiger partial charge on any atom is 0.270 e. The number of nitro groups is 1. The highest BCUT2D eigenvalue weighted by Crippen LogP contribution is 2.22. The third-order valence-corrected chi connectivity index (χ3v) is 4.56. The molecule has 0 radical (unpaired) electrons. The second-order valence-corrected chi connectivity index (χ2v) is 6.38. The van der Waals surface area contributed by atoms with E-state index in [0.717, 1.165) is 24.5 Å². The van der Waals surface area contributed by atoms with Gasteiger partial charge < -0.3 is 10.2 Å². The van der Waals surface area contributed by atoms with E-state index in [0.29, 0.717) is 12.2 Å². The molecule has 0 amide bonds. The summed E-state index contributed by atoms with van der Waals surface area (Å²) < 4.78 is 0. The lowest BCUT2D eigenvalue weighted by Crippen LogP contribution is -2.24. The lowest BCUT2D eigenvalue weighted by Gasteiger charge is -2.21. The molecule has 0 aliphatic carbocycles. The average Bonchev–Trinajstić information content (AvgIpc) is 2.96. The van der Waals surface area contributed by atoms with Crippen LogP contribution >= 0.6 is 0 Å². The van der Waals surface area contributed by atoms with Crippen molar-refractivity contribution in [1.82, 2.24) is 4.98 Å². The molecule has 1 fully saturated rings. The Morgan fingerprint density at radius 2 is 1.96 bits per heavy atom. The van der Waals surface area contributed by atoms with Crippen LogP contribution < -0.4 is 10.2 Å². The zero-order valence-electron chi connectivity index (χ0n) is 14.5. The Kier molecular flexibility index (Phi) is 5.64. The van der Waals surface area contributed by atoms with E-state index in [-0.39, 0.29) is 11.3 Å². The maximum absolute atomic E-state index is 10.8. The van der Waals surface area contributed by atoms with Gasteiger partial charge in [0.15, 0.2) is 0 Å². The van der Waals surface area contributed by atoms with Crippen molar-refractivity contribution >= 4 is 17.2 Å². The third-order valence-electron chi connectivity index (χ3n) is 4.56. The molecule has 3 rings (SSSR count). The normalized spacial score (nSPS) is 14.3. The monoisotopic (exact) mass is 351 g/mol. The van der Waals surface area contributed by atoms with Crippen LogP contribution in [0.5, 0.6) is 0 Å². The van der Waals surface area contributed by atoms with Gasteiger partial charge in [-0.3, -0.25) is 10.1 Å². The highest BCUT2D eigenvalue weighted by molar-refractivity contribution is 5.61. The predicted octanol–water partition coefficient (Wildman–Crippen LogP) is 3.85. The van der Waals surface area contributed by atoms with Crippen LogP contribution in [0.3, 0.4) is 0 Å². The summed E-state index contributed by atoms with van der Waals surface area (Å²) in [5.74, 6) is 1.00. The van der Waals surface area contributed by atoms with Gasteiger partial charge in [0.25, 0.3) is 5.69 Å². The molecule has 0 bridgehead atoms. The Bertz CT molecular complexity index is 806. The Balaban J connectivity index is 1.65. The number of hydrogen-bond donors (Lipinski definition) is 1. The quantitative estimate of drug-likeness (QED) is 0.649. The minimum atomic E-state index is -0.504. The van der Waals surface area contributed by atoms with Crippen LogP contribution in [0.15, 0.2) is 36.5 Å². The van der Waals surface area contributed by atoms with Crippen LogP contribution in [0.1, 0.15) is 36.8 Å². The van der Waals surface area contributed by atoms with Gasteiger partial charge in [-0.05, 0) is 30.5 Å². The van der Waals surface area contributed by atoms with Crippen molar-refractivity contribution in [2.45, 2.75) is 32.2 Å². The van der Waals surface area contributed by atoms with E-state index >= 15 is 0 Å². The molecule has 0 atom stereocenters. The molecule has 2 heterocycles. The van der Waals surface area contributed by atoms with Crippen molar-refractivity contribution in [3.8, 4) is 6.07 Å². The Hall–Kier alpha value is -3.14. The second-order valence-electron chi connectivity index (χ2n) is 6.38. The number of nitrogens with one attached hydrogen (secondary N) is 1. The van der Waals surface area contributed by atoms with Gasteiger partial charge in [0.1, 0.15) is 11.9 Å². The highest BCUT2D eigenvalue weighted by atomic mass is 16.6. The molecular formula is C19H21N5O2. The summed E-state index contributed by atoms with van der Waals surface area (Å²) in [5, 5.41) is 23.2. The number of pyridine rings is 1. The van der Waals surface area contributed by atoms with E-state index < -0.39 is 4.92 Å². The minimum Gasteiger partial charge on any atom is -0.380 e. The van der Waals surface area contributed by atoms with Crippen molar-refractivity contribution in [1.29, 1.82) is 5.26 Å². The molecule has 0 unspecified atom stereocenters. The Morgan fingerprint density at radius 3 is 2.58 bits per heavy atom. The number of benzene rings is 1. The molecule has 1 aliphatic heterocycles.